The van der Waals surface area contributed by atoms with Crippen LogP contribution in [0.15, 0.2) is 0 Å². The third-order valence-electron chi connectivity index (χ3n) is 3.58. The number of aliphatic hydroxyl groups excluding tert-OH is 1. The summed E-state index contributed by atoms with van der Waals surface area (Å²) in [4.78, 5) is 26.1. The zero-order chi connectivity index (χ0) is 15.5. The van der Waals surface area contributed by atoms with Gasteiger partial charge in [0.2, 0.25) is 11.8 Å². The van der Waals surface area contributed by atoms with Crippen molar-refractivity contribution < 1.29 is 14.7 Å². The molecule has 5 nitrogen and oxygen atoms in total. The zero-order valence-electron chi connectivity index (χ0n) is 12.6. The van der Waals surface area contributed by atoms with Crippen molar-refractivity contribution in [3.63, 3.8) is 0 Å². The molecule has 0 unspecified atom stereocenters. The number of carbonyl (C=O) groups excluding carboxylic acids is 2. The summed E-state index contributed by atoms with van der Waals surface area (Å²) in [6.45, 7) is 7.97. The standard InChI is InChI=1S/C14H25ClN2O3/c1-9-7-10(18)8-17(9)13(20)12(14(2,3)4)16-11(19)5-6-15/h9-10,12,18H,5-8H2,1-4H3,(H,16,19)/t9-,10-,12-/m1/s1. The lowest BCUT2D eigenvalue weighted by molar-refractivity contribution is -0.140. The van der Waals surface area contributed by atoms with Crippen LogP contribution in [0, 0.1) is 5.41 Å². The van der Waals surface area contributed by atoms with Crippen LogP contribution in [-0.2, 0) is 9.59 Å². The van der Waals surface area contributed by atoms with Crippen LogP contribution in [-0.4, -0.2) is 52.4 Å². The van der Waals surface area contributed by atoms with E-state index in [-0.39, 0.29) is 30.2 Å². The highest BCUT2D eigenvalue weighted by Gasteiger charge is 2.40. The molecule has 2 N–H and O–H groups in total. The van der Waals surface area contributed by atoms with Crippen LogP contribution < -0.4 is 5.32 Å². The lowest BCUT2D eigenvalue weighted by Crippen LogP contribution is -2.55. The second-order valence-electron chi connectivity index (χ2n) is 6.53. The Morgan fingerprint density at radius 1 is 1.45 bits per heavy atom. The Balaban J connectivity index is 2.83. The lowest BCUT2D eigenvalue weighted by atomic mass is 9.85. The van der Waals surface area contributed by atoms with Gasteiger partial charge in [-0.15, -0.1) is 11.6 Å². The van der Waals surface area contributed by atoms with E-state index < -0.39 is 17.6 Å². The molecule has 1 fully saturated rings. The minimum Gasteiger partial charge on any atom is -0.391 e. The molecule has 0 spiro atoms. The Kier molecular flexibility index (Phi) is 5.83. The third kappa shape index (κ3) is 4.35. The van der Waals surface area contributed by atoms with Crippen molar-refractivity contribution in [3.05, 3.63) is 0 Å². The fourth-order valence-electron chi connectivity index (χ4n) is 2.44. The van der Waals surface area contributed by atoms with E-state index in [9.17, 15) is 14.7 Å². The SMILES string of the molecule is C[C@@H]1C[C@@H](O)CN1C(=O)[C@@H](NC(=O)CCCl)C(C)(C)C. The predicted molar refractivity (Wildman–Crippen MR) is 78.5 cm³/mol. The Morgan fingerprint density at radius 2 is 2.05 bits per heavy atom. The minimum atomic E-state index is -0.606. The van der Waals surface area contributed by atoms with Crippen LogP contribution in [0.3, 0.4) is 0 Å². The van der Waals surface area contributed by atoms with Gasteiger partial charge in [0.25, 0.3) is 0 Å². The van der Waals surface area contributed by atoms with Gasteiger partial charge in [-0.3, -0.25) is 9.59 Å². The van der Waals surface area contributed by atoms with Gasteiger partial charge in [-0.05, 0) is 18.8 Å². The van der Waals surface area contributed by atoms with Crippen LogP contribution in [0.25, 0.3) is 0 Å². The molecule has 6 heteroatoms. The summed E-state index contributed by atoms with van der Waals surface area (Å²) in [5, 5.41) is 12.4. The number of amides is 2. The van der Waals surface area contributed by atoms with E-state index in [1.54, 1.807) is 4.90 Å². The highest BCUT2D eigenvalue weighted by atomic mass is 35.5. The number of hydrogen-bond donors (Lipinski definition) is 2. The van der Waals surface area contributed by atoms with Crippen molar-refractivity contribution in [3.8, 4) is 0 Å². The number of rotatable bonds is 4. The molecule has 2 amide bonds. The van der Waals surface area contributed by atoms with Crippen molar-refractivity contribution in [1.29, 1.82) is 0 Å². The molecule has 3 atom stereocenters. The van der Waals surface area contributed by atoms with E-state index in [1.165, 1.54) is 0 Å². The topological polar surface area (TPSA) is 69.6 Å². The molecular weight excluding hydrogens is 280 g/mol. The summed E-state index contributed by atoms with van der Waals surface area (Å²) >= 11 is 5.55. The van der Waals surface area contributed by atoms with Gasteiger partial charge in [0, 0.05) is 24.9 Å². The first kappa shape index (κ1) is 17.2. The number of carbonyl (C=O) groups is 2. The van der Waals surface area contributed by atoms with Gasteiger partial charge in [-0.1, -0.05) is 20.8 Å². The average Bonchev–Trinajstić information content (AvgIpc) is 2.63. The van der Waals surface area contributed by atoms with Gasteiger partial charge < -0.3 is 15.3 Å². The first-order valence-corrected chi connectivity index (χ1v) is 7.54. The molecule has 0 saturated carbocycles. The summed E-state index contributed by atoms with van der Waals surface area (Å²) < 4.78 is 0. The molecule has 0 aliphatic carbocycles. The van der Waals surface area contributed by atoms with Gasteiger partial charge in [-0.25, -0.2) is 0 Å². The van der Waals surface area contributed by atoms with Gasteiger partial charge in [0.05, 0.1) is 6.10 Å². The molecule has 0 aromatic rings. The Labute approximate surface area is 125 Å². The van der Waals surface area contributed by atoms with E-state index in [1.807, 2.05) is 27.7 Å². The van der Waals surface area contributed by atoms with Crippen LogP contribution in [0.1, 0.15) is 40.5 Å². The Morgan fingerprint density at radius 3 is 2.45 bits per heavy atom. The number of β-amino-alcohol motifs (C(OH)–C–C–N with tert-alkyl or cyclic N) is 1. The fourth-order valence-corrected chi connectivity index (χ4v) is 2.61. The highest BCUT2D eigenvalue weighted by molar-refractivity contribution is 6.19. The van der Waals surface area contributed by atoms with Crippen LogP contribution in [0.5, 0.6) is 0 Å². The smallest absolute Gasteiger partial charge is 0.246 e. The number of nitrogens with zero attached hydrogens (tertiary/aromatic N) is 1. The van der Waals surface area contributed by atoms with Crippen molar-refractivity contribution in [2.45, 2.75) is 58.7 Å². The molecule has 1 saturated heterocycles. The molecule has 116 valence electrons. The molecule has 0 radical (unpaired) electrons. The fraction of sp³-hybridized carbons (Fsp3) is 0.857. The van der Waals surface area contributed by atoms with E-state index >= 15 is 0 Å². The minimum absolute atomic E-state index is 0.00715. The molecule has 0 aromatic carbocycles. The Hall–Kier alpha value is -0.810. The maximum absolute atomic E-state index is 12.7. The predicted octanol–water partition coefficient (Wildman–Crippen LogP) is 1.13. The second kappa shape index (κ2) is 6.76. The van der Waals surface area contributed by atoms with Gasteiger partial charge in [0.15, 0.2) is 0 Å². The molecule has 0 aromatic heterocycles. The van der Waals surface area contributed by atoms with Crippen molar-refractivity contribution in [2.75, 3.05) is 12.4 Å². The van der Waals surface area contributed by atoms with E-state index in [0.29, 0.717) is 13.0 Å². The molecule has 1 aliphatic rings. The number of likely N-dealkylation sites (tertiary alicyclic amines) is 1. The molecule has 20 heavy (non-hydrogen) atoms. The van der Waals surface area contributed by atoms with Gasteiger partial charge in [-0.2, -0.15) is 0 Å². The molecule has 1 aliphatic heterocycles. The van der Waals surface area contributed by atoms with E-state index in [2.05, 4.69) is 5.32 Å². The largest absolute Gasteiger partial charge is 0.391 e. The maximum atomic E-state index is 12.7. The molecule has 1 rings (SSSR count). The number of halogens is 1. The van der Waals surface area contributed by atoms with Crippen LogP contribution in [0.2, 0.25) is 0 Å². The number of aliphatic hydroxyl groups is 1. The normalized spacial score (nSPS) is 24.6. The average molecular weight is 305 g/mol. The lowest BCUT2D eigenvalue weighted by Gasteiger charge is -2.35. The third-order valence-corrected chi connectivity index (χ3v) is 3.76. The number of hydrogen-bond acceptors (Lipinski definition) is 3. The summed E-state index contributed by atoms with van der Waals surface area (Å²) in [5.41, 5.74) is -0.397. The molecule has 0 bridgehead atoms. The van der Waals surface area contributed by atoms with Crippen molar-refractivity contribution >= 4 is 23.4 Å². The van der Waals surface area contributed by atoms with Gasteiger partial charge >= 0.3 is 0 Å². The summed E-state index contributed by atoms with van der Waals surface area (Å²) in [6, 6.07) is -0.613. The maximum Gasteiger partial charge on any atom is 0.246 e. The second-order valence-corrected chi connectivity index (χ2v) is 6.91. The van der Waals surface area contributed by atoms with Crippen LogP contribution >= 0.6 is 11.6 Å². The quantitative estimate of drug-likeness (QED) is 0.765. The van der Waals surface area contributed by atoms with E-state index in [4.69, 9.17) is 11.6 Å². The van der Waals surface area contributed by atoms with Crippen molar-refractivity contribution in [1.82, 2.24) is 10.2 Å². The zero-order valence-corrected chi connectivity index (χ0v) is 13.4. The van der Waals surface area contributed by atoms with Crippen molar-refractivity contribution in [2.24, 2.45) is 5.41 Å². The first-order chi connectivity index (χ1) is 9.16. The summed E-state index contributed by atoms with van der Waals surface area (Å²) in [5.74, 6) is -0.124. The number of alkyl halides is 1. The highest BCUT2D eigenvalue weighted by Crippen LogP contribution is 2.25. The van der Waals surface area contributed by atoms with Crippen LogP contribution in [0.4, 0.5) is 0 Å². The van der Waals surface area contributed by atoms with E-state index in [0.717, 1.165) is 0 Å². The number of nitrogens with one attached hydrogen (secondary N) is 1. The summed E-state index contributed by atoms with van der Waals surface area (Å²) in [7, 11) is 0. The van der Waals surface area contributed by atoms with Gasteiger partial charge in [0.1, 0.15) is 6.04 Å². The molecule has 1 heterocycles. The monoisotopic (exact) mass is 304 g/mol. The first-order valence-electron chi connectivity index (χ1n) is 7.00. The molecular formula is C14H25ClN2O3. The summed E-state index contributed by atoms with van der Waals surface area (Å²) in [6.07, 6.45) is 0.297. The Bertz CT molecular complexity index is 368.